The van der Waals surface area contributed by atoms with E-state index < -0.39 is 44.8 Å². The van der Waals surface area contributed by atoms with Crippen molar-refractivity contribution in [2.24, 2.45) is 0 Å². The van der Waals surface area contributed by atoms with Gasteiger partial charge in [0, 0.05) is 57.0 Å². The maximum atomic E-state index is 13.9. The standard InChI is InChI=1S/C28H38N4O9S3/c33-25(30-15-18-39-19-16-30)9-6-20-43(35,36)31-13-14-32(23(21-31)28(34)29-41-26-10-4-5-17-40-26)44(37,38)27-12-11-24(42-27)22-7-2-1-3-8-22/h1-3,7-8,11-12,23,26H,4-6,9-10,13-21H2,(H,29,34)/t23-,26?/m1/s1. The lowest BCUT2D eigenvalue weighted by Crippen LogP contribution is -2.61. The van der Waals surface area contributed by atoms with Crippen LogP contribution in [0.2, 0.25) is 0 Å². The number of thiophene rings is 1. The SMILES string of the molecule is O=C(NOC1CCCCO1)[C@H]1CN(S(=O)(=O)CCCC(=O)N2CCOCC2)CCN1S(=O)(=O)c1ccc(-c2ccccc2)s1. The molecule has 0 saturated carbocycles. The molecule has 3 fully saturated rings. The number of hydroxylamine groups is 1. The Morgan fingerprint density at radius 3 is 2.45 bits per heavy atom. The third kappa shape index (κ3) is 8.04. The molecule has 2 amide bonds. The van der Waals surface area contributed by atoms with Gasteiger partial charge in [-0.05, 0) is 37.0 Å². The van der Waals surface area contributed by atoms with Crippen LogP contribution in [0.25, 0.3) is 10.4 Å². The van der Waals surface area contributed by atoms with Crippen molar-refractivity contribution < 1.29 is 40.7 Å². The van der Waals surface area contributed by atoms with Gasteiger partial charge in [0.15, 0.2) is 6.29 Å². The van der Waals surface area contributed by atoms with Crippen molar-refractivity contribution in [3.05, 3.63) is 42.5 Å². The Bertz CT molecular complexity index is 1490. The lowest BCUT2D eigenvalue weighted by molar-refractivity contribution is -0.202. The molecule has 1 aromatic heterocycles. The summed E-state index contributed by atoms with van der Waals surface area (Å²) in [6.45, 7) is 1.58. The van der Waals surface area contributed by atoms with Gasteiger partial charge in [0.2, 0.25) is 15.9 Å². The number of hydrogen-bond donors (Lipinski definition) is 1. The van der Waals surface area contributed by atoms with Crippen LogP contribution >= 0.6 is 11.3 Å². The molecule has 1 N–H and O–H groups in total. The summed E-state index contributed by atoms with van der Waals surface area (Å²) in [5, 5.41) is 0. The first kappa shape index (κ1) is 32.9. The summed E-state index contributed by atoms with van der Waals surface area (Å²) in [5.41, 5.74) is 3.18. The van der Waals surface area contributed by atoms with Crippen LogP contribution in [0.15, 0.2) is 46.7 Å². The zero-order valence-corrected chi connectivity index (χ0v) is 26.8. The second-order valence-electron chi connectivity index (χ2n) is 10.8. The summed E-state index contributed by atoms with van der Waals surface area (Å²) in [4.78, 5) is 33.8. The fourth-order valence-corrected chi connectivity index (χ4v) is 9.84. The number of piperazine rings is 1. The van der Waals surface area contributed by atoms with Crippen LogP contribution in [0.5, 0.6) is 0 Å². The number of benzene rings is 1. The maximum absolute atomic E-state index is 13.9. The largest absolute Gasteiger partial charge is 0.378 e. The monoisotopic (exact) mass is 670 g/mol. The Balaban J connectivity index is 1.29. The average Bonchev–Trinajstić information content (AvgIpc) is 3.56. The third-order valence-corrected chi connectivity index (χ3v) is 13.2. The highest BCUT2D eigenvalue weighted by molar-refractivity contribution is 7.91. The lowest BCUT2D eigenvalue weighted by Gasteiger charge is -2.38. The van der Waals surface area contributed by atoms with Crippen molar-refractivity contribution in [2.75, 3.05) is 58.3 Å². The number of nitrogens with zero attached hydrogens (tertiary/aromatic N) is 3. The Morgan fingerprint density at radius 1 is 0.955 bits per heavy atom. The summed E-state index contributed by atoms with van der Waals surface area (Å²) in [6, 6.07) is 11.2. The predicted molar refractivity (Wildman–Crippen MR) is 162 cm³/mol. The van der Waals surface area contributed by atoms with E-state index in [1.54, 1.807) is 11.0 Å². The highest BCUT2D eigenvalue weighted by Crippen LogP contribution is 2.34. The molecule has 242 valence electrons. The van der Waals surface area contributed by atoms with E-state index in [0.29, 0.717) is 39.3 Å². The van der Waals surface area contributed by atoms with Gasteiger partial charge in [-0.3, -0.25) is 9.59 Å². The number of hydrogen-bond acceptors (Lipinski definition) is 10. The molecule has 1 aromatic carbocycles. The van der Waals surface area contributed by atoms with Gasteiger partial charge in [-0.15, -0.1) is 11.3 Å². The Labute approximate surface area is 262 Å². The quantitative estimate of drug-likeness (QED) is 0.352. The number of carbonyl (C=O) groups is 2. The van der Waals surface area contributed by atoms with E-state index in [1.807, 2.05) is 30.3 Å². The van der Waals surface area contributed by atoms with Gasteiger partial charge in [-0.2, -0.15) is 8.61 Å². The van der Waals surface area contributed by atoms with E-state index in [-0.39, 0.29) is 41.8 Å². The molecule has 5 rings (SSSR count). The van der Waals surface area contributed by atoms with Crippen molar-refractivity contribution in [3.8, 4) is 10.4 Å². The number of carbonyl (C=O) groups excluding carboxylic acids is 2. The Morgan fingerprint density at radius 2 is 1.73 bits per heavy atom. The third-order valence-electron chi connectivity index (χ3n) is 7.78. The molecule has 0 bridgehead atoms. The van der Waals surface area contributed by atoms with Crippen LogP contribution in [0.1, 0.15) is 32.1 Å². The van der Waals surface area contributed by atoms with Crippen LogP contribution in [-0.2, 0) is 43.9 Å². The van der Waals surface area contributed by atoms with Gasteiger partial charge in [-0.1, -0.05) is 30.3 Å². The van der Waals surface area contributed by atoms with Crippen molar-refractivity contribution >= 4 is 43.2 Å². The molecule has 2 aromatic rings. The van der Waals surface area contributed by atoms with Crippen LogP contribution in [0.3, 0.4) is 0 Å². The molecule has 16 heteroatoms. The summed E-state index contributed by atoms with van der Waals surface area (Å²) >= 11 is 1.08. The molecule has 4 heterocycles. The number of nitrogens with one attached hydrogen (secondary N) is 1. The first-order valence-corrected chi connectivity index (χ1v) is 18.6. The van der Waals surface area contributed by atoms with E-state index >= 15 is 0 Å². The fourth-order valence-electron chi connectivity index (χ4n) is 5.33. The van der Waals surface area contributed by atoms with Crippen molar-refractivity contribution in [1.29, 1.82) is 0 Å². The van der Waals surface area contributed by atoms with Gasteiger partial charge < -0.3 is 14.4 Å². The molecule has 0 radical (unpaired) electrons. The number of sulfonamides is 2. The highest BCUT2D eigenvalue weighted by Gasteiger charge is 2.44. The molecule has 0 aliphatic carbocycles. The van der Waals surface area contributed by atoms with Gasteiger partial charge >= 0.3 is 0 Å². The zero-order valence-electron chi connectivity index (χ0n) is 24.3. The molecule has 1 unspecified atom stereocenters. The number of morpholine rings is 1. The van der Waals surface area contributed by atoms with Gasteiger partial charge in [0.25, 0.3) is 15.9 Å². The Kier molecular flexibility index (Phi) is 11.1. The minimum atomic E-state index is -4.17. The minimum absolute atomic E-state index is 0.0450. The number of amides is 2. The molecule has 2 atom stereocenters. The topological polar surface area (TPSA) is 152 Å². The minimum Gasteiger partial charge on any atom is -0.378 e. The highest BCUT2D eigenvalue weighted by atomic mass is 32.2. The van der Waals surface area contributed by atoms with Gasteiger partial charge in [-0.25, -0.2) is 27.2 Å². The summed E-state index contributed by atoms with van der Waals surface area (Å²) in [6.07, 6.45) is 1.79. The van der Waals surface area contributed by atoms with Crippen LogP contribution in [-0.4, -0.2) is 113 Å². The smallest absolute Gasteiger partial charge is 0.263 e. The predicted octanol–water partition coefficient (Wildman–Crippen LogP) is 1.63. The summed E-state index contributed by atoms with van der Waals surface area (Å²) < 4.78 is 67.4. The van der Waals surface area contributed by atoms with Gasteiger partial charge in [0.1, 0.15) is 10.3 Å². The van der Waals surface area contributed by atoms with Gasteiger partial charge in [0.05, 0.1) is 19.0 Å². The molecule has 3 saturated heterocycles. The molecule has 44 heavy (non-hydrogen) atoms. The van der Waals surface area contributed by atoms with Crippen LogP contribution in [0.4, 0.5) is 0 Å². The van der Waals surface area contributed by atoms with Crippen molar-refractivity contribution in [2.45, 2.75) is 48.6 Å². The molecule has 3 aliphatic rings. The molecular formula is C28H38N4O9S3. The second-order valence-corrected chi connectivity index (χ2v) is 16.1. The zero-order chi connectivity index (χ0) is 31.2. The number of rotatable bonds is 11. The van der Waals surface area contributed by atoms with E-state index in [2.05, 4.69) is 5.48 Å². The molecule has 3 aliphatic heterocycles. The first-order valence-electron chi connectivity index (χ1n) is 14.7. The molecule has 13 nitrogen and oxygen atoms in total. The van der Waals surface area contributed by atoms with E-state index in [9.17, 15) is 26.4 Å². The van der Waals surface area contributed by atoms with E-state index in [0.717, 1.165) is 43.2 Å². The second kappa shape index (κ2) is 14.8. The Hall–Kier alpha value is -2.44. The molecule has 0 spiro atoms. The fraction of sp³-hybridized carbons (Fsp3) is 0.571. The van der Waals surface area contributed by atoms with Crippen molar-refractivity contribution in [1.82, 2.24) is 19.0 Å². The normalized spacial score (nSPS) is 22.5. The summed E-state index contributed by atoms with van der Waals surface area (Å²) in [7, 11) is -8.08. The van der Waals surface area contributed by atoms with E-state index in [4.69, 9.17) is 14.3 Å². The lowest BCUT2D eigenvalue weighted by atomic mass is 10.2. The van der Waals surface area contributed by atoms with Crippen LogP contribution in [0, 0.1) is 0 Å². The summed E-state index contributed by atoms with van der Waals surface area (Å²) in [5.74, 6) is -1.23. The maximum Gasteiger partial charge on any atom is 0.263 e. The number of ether oxygens (including phenoxy) is 2. The first-order chi connectivity index (χ1) is 21.1. The average molecular weight is 671 g/mol. The molecular weight excluding hydrogens is 633 g/mol. The van der Waals surface area contributed by atoms with Crippen molar-refractivity contribution in [3.63, 3.8) is 0 Å². The van der Waals surface area contributed by atoms with E-state index in [1.165, 1.54) is 6.07 Å². The van der Waals surface area contributed by atoms with Crippen LogP contribution < -0.4 is 5.48 Å².